The zero-order valence-corrected chi connectivity index (χ0v) is 22.8. The summed E-state index contributed by atoms with van der Waals surface area (Å²) in [6, 6.07) is 11.7. The van der Waals surface area contributed by atoms with Crippen LogP contribution in [-0.2, 0) is 5.67 Å². The first-order valence-electron chi connectivity index (χ1n) is 11.9. The van der Waals surface area contributed by atoms with Crippen LogP contribution < -0.4 is 10.6 Å². The minimum atomic E-state index is -7.04. The quantitative estimate of drug-likeness (QED) is 0.263. The van der Waals surface area contributed by atoms with Crippen molar-refractivity contribution in [3.8, 4) is 18.2 Å². The first kappa shape index (κ1) is 34.2. The lowest BCUT2D eigenvalue weighted by Crippen LogP contribution is -2.59. The molecule has 2 amide bonds. The normalized spacial score (nSPS) is 13.1. The summed E-state index contributed by atoms with van der Waals surface area (Å²) in [7, 11) is 0. The van der Waals surface area contributed by atoms with Gasteiger partial charge in [-0.05, 0) is 55.0 Å². The number of nitrogens with one attached hydrogen (secondary N) is 2. The molecule has 17 heteroatoms. The maximum atomic E-state index is 15.0. The van der Waals surface area contributed by atoms with Crippen LogP contribution in [0.4, 0.5) is 50.9 Å². The third-order valence-electron chi connectivity index (χ3n) is 6.30. The topological polar surface area (TPSA) is 130 Å². The first-order chi connectivity index (χ1) is 20.7. The average molecular weight is 658 g/mol. The van der Waals surface area contributed by atoms with Crippen molar-refractivity contribution in [2.24, 2.45) is 0 Å². The van der Waals surface area contributed by atoms with Gasteiger partial charge in [0, 0.05) is 11.1 Å². The van der Waals surface area contributed by atoms with Gasteiger partial charge < -0.3 is 10.6 Å². The molecule has 0 saturated carbocycles. The molecule has 232 valence electrons. The largest absolute Gasteiger partial charge is 0.457 e. The van der Waals surface area contributed by atoms with Gasteiger partial charge in [-0.3, -0.25) is 9.59 Å². The van der Waals surface area contributed by atoms with Gasteiger partial charge in [-0.1, -0.05) is 17.7 Å². The molecule has 0 aliphatic heterocycles. The lowest BCUT2D eigenvalue weighted by molar-refractivity contribution is -0.389. The second kappa shape index (κ2) is 12.0. The monoisotopic (exact) mass is 657 g/mol. The molecule has 3 rings (SSSR count). The molecular weight excluding hydrogens is 645 g/mol. The molecule has 0 aliphatic rings. The van der Waals surface area contributed by atoms with Gasteiger partial charge in [0.15, 0.2) is 0 Å². The van der Waals surface area contributed by atoms with Gasteiger partial charge >= 0.3 is 23.9 Å². The number of carbonyl (C=O) groups is 2. The summed E-state index contributed by atoms with van der Waals surface area (Å²) < 4.78 is 122. The molecule has 1 unspecified atom stereocenters. The number of aryl methyl sites for hydroxylation is 1. The summed E-state index contributed by atoms with van der Waals surface area (Å²) in [5, 5.41) is 31.2. The number of carbonyl (C=O) groups excluding carboxylic acids is 2. The molecule has 3 aromatic rings. The summed E-state index contributed by atoms with van der Waals surface area (Å²) in [6.07, 6.45) is -13.9. The van der Waals surface area contributed by atoms with Crippen molar-refractivity contribution in [1.29, 1.82) is 15.8 Å². The van der Waals surface area contributed by atoms with Gasteiger partial charge in [0.2, 0.25) is 0 Å². The Hall–Kier alpha value is -5.27. The van der Waals surface area contributed by atoms with Crippen LogP contribution in [0.3, 0.4) is 0 Å². The van der Waals surface area contributed by atoms with Crippen LogP contribution in [0, 0.1) is 40.9 Å². The van der Waals surface area contributed by atoms with Crippen molar-refractivity contribution >= 4 is 34.8 Å². The predicted molar refractivity (Wildman–Crippen MR) is 139 cm³/mol. The molecule has 0 saturated heterocycles. The number of rotatable bonds is 6. The number of nitriles is 3. The zero-order valence-electron chi connectivity index (χ0n) is 22.1. The van der Waals surface area contributed by atoms with E-state index in [4.69, 9.17) is 16.9 Å². The minimum absolute atomic E-state index is 0.0946. The summed E-state index contributed by atoms with van der Waals surface area (Å²) in [6.45, 7) is 1.53. The van der Waals surface area contributed by atoms with Crippen molar-refractivity contribution in [3.63, 3.8) is 0 Å². The van der Waals surface area contributed by atoms with Crippen molar-refractivity contribution in [2.45, 2.75) is 30.9 Å². The van der Waals surface area contributed by atoms with Crippen molar-refractivity contribution in [1.82, 2.24) is 0 Å². The van der Waals surface area contributed by atoms with E-state index < -0.39 is 68.7 Å². The first-order valence-corrected chi connectivity index (χ1v) is 12.2. The molecule has 0 bridgehead atoms. The van der Waals surface area contributed by atoms with E-state index in [2.05, 4.69) is 5.32 Å². The number of hydrogen-bond donors (Lipinski definition) is 2. The van der Waals surface area contributed by atoms with E-state index in [0.29, 0.717) is 5.56 Å². The van der Waals surface area contributed by atoms with Crippen LogP contribution in [-0.4, -0.2) is 30.1 Å². The molecule has 0 radical (unpaired) electrons. The zero-order chi connectivity index (χ0) is 34.1. The second-order valence-corrected chi connectivity index (χ2v) is 9.52. The molecule has 0 fully saturated rings. The second-order valence-electron chi connectivity index (χ2n) is 9.11. The highest BCUT2D eigenvalue weighted by Gasteiger charge is 2.81. The fourth-order valence-corrected chi connectivity index (χ4v) is 4.33. The molecule has 45 heavy (non-hydrogen) atoms. The highest BCUT2D eigenvalue weighted by atomic mass is 35.5. The van der Waals surface area contributed by atoms with Crippen LogP contribution in [0.2, 0.25) is 5.02 Å². The number of amides is 2. The summed E-state index contributed by atoms with van der Waals surface area (Å²) in [5.41, 5.74) is -11.4. The van der Waals surface area contributed by atoms with E-state index in [1.807, 2.05) is 11.4 Å². The molecule has 0 heterocycles. The fourth-order valence-electron chi connectivity index (χ4n) is 4.06. The molecule has 0 spiro atoms. The highest BCUT2D eigenvalue weighted by Crippen LogP contribution is 2.58. The van der Waals surface area contributed by atoms with Gasteiger partial charge in [-0.15, -0.1) is 0 Å². The standard InChI is InChI=1S/C28H13ClF9N5O2/c1-13-7-14(10-39)5-6-17(13)23(44)42-21-4-2-3-18(19(21)12-41)24(45)43-22-15(11-40)8-16(9-20(22)29)25(30,27(33,34)35)26(31,32)28(36,37)38/h2-9H,1H3,(H,42,44)(H,43,45). The Morgan fingerprint density at radius 2 is 1.38 bits per heavy atom. The van der Waals surface area contributed by atoms with Crippen LogP contribution in [0.1, 0.15) is 48.5 Å². The summed E-state index contributed by atoms with van der Waals surface area (Å²) in [4.78, 5) is 25.9. The lowest BCUT2D eigenvalue weighted by atomic mass is 9.86. The number of anilines is 2. The van der Waals surface area contributed by atoms with E-state index in [9.17, 15) is 59.6 Å². The van der Waals surface area contributed by atoms with Gasteiger partial charge in [0.1, 0.15) is 12.1 Å². The van der Waals surface area contributed by atoms with Crippen LogP contribution in [0.5, 0.6) is 0 Å². The van der Waals surface area contributed by atoms with E-state index in [0.717, 1.165) is 12.1 Å². The Morgan fingerprint density at radius 3 is 1.89 bits per heavy atom. The fraction of sp³-hybridized carbons (Fsp3) is 0.179. The maximum Gasteiger partial charge on any atom is 0.457 e. The molecule has 3 aromatic carbocycles. The SMILES string of the molecule is Cc1cc(C#N)ccc1C(=O)Nc1cccc(C(=O)Nc2c(Cl)cc(C(F)(C(F)(F)F)C(F)(F)C(F)(F)F)cc2C#N)c1C#N. The third-order valence-corrected chi connectivity index (χ3v) is 6.59. The van der Waals surface area contributed by atoms with Crippen molar-refractivity contribution in [3.05, 3.63) is 92.5 Å². The maximum absolute atomic E-state index is 15.0. The van der Waals surface area contributed by atoms with Crippen LogP contribution in [0.25, 0.3) is 0 Å². The number of halogens is 10. The Balaban J connectivity index is 2.05. The predicted octanol–water partition coefficient (Wildman–Crippen LogP) is 7.69. The minimum Gasteiger partial charge on any atom is -0.321 e. The average Bonchev–Trinajstić information content (AvgIpc) is 2.95. The number of nitrogens with zero attached hydrogens (tertiary/aromatic N) is 3. The van der Waals surface area contributed by atoms with Crippen LogP contribution >= 0.6 is 11.6 Å². The highest BCUT2D eigenvalue weighted by molar-refractivity contribution is 6.34. The van der Waals surface area contributed by atoms with Gasteiger partial charge in [0.05, 0.1) is 44.7 Å². The molecule has 0 aliphatic carbocycles. The van der Waals surface area contributed by atoms with Crippen molar-refractivity contribution in [2.75, 3.05) is 10.6 Å². The summed E-state index contributed by atoms with van der Waals surface area (Å²) >= 11 is 5.78. The summed E-state index contributed by atoms with van der Waals surface area (Å²) in [5.74, 6) is -9.10. The van der Waals surface area contributed by atoms with Crippen molar-refractivity contribution < 1.29 is 49.1 Å². The van der Waals surface area contributed by atoms with Gasteiger partial charge in [-0.25, -0.2) is 4.39 Å². The number of hydrogen-bond acceptors (Lipinski definition) is 5. The van der Waals surface area contributed by atoms with Gasteiger partial charge in [0.25, 0.3) is 11.8 Å². The Kier molecular flexibility index (Phi) is 9.14. The number of benzene rings is 3. The smallest absolute Gasteiger partial charge is 0.321 e. The number of alkyl halides is 9. The third kappa shape index (κ3) is 6.08. The Labute approximate surface area is 252 Å². The molecular formula is C28H13ClF9N5O2. The molecule has 7 nitrogen and oxygen atoms in total. The van der Waals surface area contributed by atoms with E-state index >= 15 is 0 Å². The molecule has 0 aromatic heterocycles. The molecule has 1 atom stereocenters. The van der Waals surface area contributed by atoms with Gasteiger partial charge in [-0.2, -0.15) is 50.9 Å². The Bertz CT molecular complexity index is 1840. The van der Waals surface area contributed by atoms with E-state index in [1.165, 1.54) is 37.3 Å². The van der Waals surface area contributed by atoms with E-state index in [1.54, 1.807) is 6.07 Å². The Morgan fingerprint density at radius 1 is 0.756 bits per heavy atom. The van der Waals surface area contributed by atoms with E-state index in [-0.39, 0.29) is 28.9 Å². The molecule has 2 N–H and O–H groups in total. The van der Waals surface area contributed by atoms with Crippen LogP contribution in [0.15, 0.2) is 48.5 Å². The lowest BCUT2D eigenvalue weighted by Gasteiger charge is -2.36.